The molecule has 0 aromatic rings. The third-order valence-electron chi connectivity index (χ3n) is 2.22. The van der Waals surface area contributed by atoms with E-state index in [-0.39, 0.29) is 0 Å². The number of aldehydes is 1. The van der Waals surface area contributed by atoms with Gasteiger partial charge in [-0.15, -0.1) is 0 Å². The maximum atomic E-state index is 10.1. The Labute approximate surface area is 91.3 Å². The third kappa shape index (κ3) is 3.98. The maximum absolute atomic E-state index is 10.1. The van der Waals surface area contributed by atoms with Gasteiger partial charge in [-0.05, 0) is 37.5 Å². The molecule has 0 spiro atoms. The number of allylic oxidation sites excluding steroid dienone is 6. The van der Waals surface area contributed by atoms with Gasteiger partial charge in [0.25, 0.3) is 0 Å². The molecule has 2 nitrogen and oxygen atoms in total. The van der Waals surface area contributed by atoms with E-state index in [4.69, 9.17) is 0 Å². The van der Waals surface area contributed by atoms with Gasteiger partial charge in [-0.25, -0.2) is 0 Å². The van der Waals surface area contributed by atoms with Crippen LogP contribution in [-0.2, 0) is 4.79 Å². The van der Waals surface area contributed by atoms with E-state index in [0.717, 1.165) is 24.7 Å². The first-order valence-electron chi connectivity index (χ1n) is 5.14. The molecule has 15 heavy (non-hydrogen) atoms. The SMILES string of the molecule is CC(/C=C\C=O)=C/N(C)C1=CCCC=C1. The van der Waals surface area contributed by atoms with Crippen molar-refractivity contribution < 1.29 is 4.79 Å². The molecule has 0 heterocycles. The third-order valence-corrected chi connectivity index (χ3v) is 2.22. The van der Waals surface area contributed by atoms with Gasteiger partial charge in [-0.1, -0.05) is 18.2 Å². The standard InChI is InChI=1S/C13H17NO/c1-12(7-6-10-15)11-14(2)13-8-4-3-5-9-13/h4,6-11H,3,5H2,1-2H3/b7-6-,12-11-. The highest BCUT2D eigenvalue weighted by Gasteiger charge is 2.00. The Balaban J connectivity index is 2.64. The van der Waals surface area contributed by atoms with Crippen molar-refractivity contribution in [3.8, 4) is 0 Å². The predicted octanol–water partition coefficient (Wildman–Crippen LogP) is 2.81. The van der Waals surface area contributed by atoms with Crippen LogP contribution in [0.15, 0.2) is 47.9 Å². The monoisotopic (exact) mass is 203 g/mol. The Morgan fingerprint density at radius 2 is 2.27 bits per heavy atom. The highest BCUT2D eigenvalue weighted by atomic mass is 16.1. The van der Waals surface area contributed by atoms with Crippen LogP contribution in [-0.4, -0.2) is 18.2 Å². The van der Waals surface area contributed by atoms with E-state index in [0.29, 0.717) is 0 Å². The van der Waals surface area contributed by atoms with Gasteiger partial charge in [-0.2, -0.15) is 0 Å². The van der Waals surface area contributed by atoms with Crippen LogP contribution in [0.3, 0.4) is 0 Å². The molecule has 0 N–H and O–H groups in total. The summed E-state index contributed by atoms with van der Waals surface area (Å²) in [6, 6.07) is 0. The average Bonchev–Trinajstić information content (AvgIpc) is 2.27. The number of carbonyl (C=O) groups is 1. The molecule has 0 bridgehead atoms. The Bertz CT molecular complexity index is 334. The van der Waals surface area contributed by atoms with Crippen LogP contribution in [0.4, 0.5) is 0 Å². The minimum atomic E-state index is 0.789. The molecule has 0 amide bonds. The van der Waals surface area contributed by atoms with Crippen molar-refractivity contribution in [2.75, 3.05) is 7.05 Å². The summed E-state index contributed by atoms with van der Waals surface area (Å²) < 4.78 is 0. The van der Waals surface area contributed by atoms with Gasteiger partial charge in [0.15, 0.2) is 0 Å². The quantitative estimate of drug-likeness (QED) is 0.398. The van der Waals surface area contributed by atoms with Crippen molar-refractivity contribution in [1.29, 1.82) is 0 Å². The molecule has 0 unspecified atom stereocenters. The molecule has 80 valence electrons. The predicted molar refractivity (Wildman–Crippen MR) is 63.2 cm³/mol. The van der Waals surface area contributed by atoms with Crippen LogP contribution in [0, 0.1) is 0 Å². The highest BCUT2D eigenvalue weighted by molar-refractivity contribution is 5.65. The van der Waals surface area contributed by atoms with E-state index in [1.807, 2.05) is 20.2 Å². The van der Waals surface area contributed by atoms with Crippen LogP contribution in [0.1, 0.15) is 19.8 Å². The average molecular weight is 203 g/mol. The molecule has 0 fully saturated rings. The van der Waals surface area contributed by atoms with Crippen molar-refractivity contribution in [3.63, 3.8) is 0 Å². The van der Waals surface area contributed by atoms with Crippen molar-refractivity contribution in [1.82, 2.24) is 4.90 Å². The van der Waals surface area contributed by atoms with Crippen molar-refractivity contribution in [2.24, 2.45) is 0 Å². The molecule has 0 saturated carbocycles. The Morgan fingerprint density at radius 1 is 1.47 bits per heavy atom. The molecule has 0 atom stereocenters. The summed E-state index contributed by atoms with van der Waals surface area (Å²) in [5.41, 5.74) is 2.27. The summed E-state index contributed by atoms with van der Waals surface area (Å²) in [4.78, 5) is 12.2. The van der Waals surface area contributed by atoms with Crippen molar-refractivity contribution in [3.05, 3.63) is 47.9 Å². The largest absolute Gasteiger partial charge is 0.351 e. The van der Waals surface area contributed by atoms with Crippen molar-refractivity contribution >= 4 is 6.29 Å². The lowest BCUT2D eigenvalue weighted by atomic mass is 10.1. The summed E-state index contributed by atoms with van der Waals surface area (Å²) in [7, 11) is 2.01. The maximum Gasteiger partial charge on any atom is 0.142 e. The van der Waals surface area contributed by atoms with E-state index >= 15 is 0 Å². The highest BCUT2D eigenvalue weighted by Crippen LogP contribution is 2.14. The smallest absolute Gasteiger partial charge is 0.142 e. The van der Waals surface area contributed by atoms with Crippen LogP contribution in [0.2, 0.25) is 0 Å². The minimum absolute atomic E-state index is 0.789. The van der Waals surface area contributed by atoms with Gasteiger partial charge >= 0.3 is 0 Å². The van der Waals surface area contributed by atoms with Gasteiger partial charge in [0.2, 0.25) is 0 Å². The van der Waals surface area contributed by atoms with Crippen LogP contribution < -0.4 is 0 Å². The lowest BCUT2D eigenvalue weighted by Gasteiger charge is -2.18. The molecule has 0 aromatic heterocycles. The fraction of sp³-hybridized carbons (Fsp3) is 0.308. The van der Waals surface area contributed by atoms with Crippen LogP contribution >= 0.6 is 0 Å². The fourth-order valence-corrected chi connectivity index (χ4v) is 1.48. The van der Waals surface area contributed by atoms with Gasteiger partial charge in [0.1, 0.15) is 6.29 Å². The van der Waals surface area contributed by atoms with Gasteiger partial charge in [-0.3, -0.25) is 4.79 Å². The van der Waals surface area contributed by atoms with Crippen LogP contribution in [0.25, 0.3) is 0 Å². The molecule has 0 aromatic carbocycles. The number of rotatable bonds is 4. The number of nitrogens with zero attached hydrogens (tertiary/aromatic N) is 1. The summed E-state index contributed by atoms with van der Waals surface area (Å²) in [5.74, 6) is 0. The summed E-state index contributed by atoms with van der Waals surface area (Å²) >= 11 is 0. The normalized spacial score (nSPS) is 16.7. The lowest BCUT2D eigenvalue weighted by molar-refractivity contribution is -0.104. The van der Waals surface area contributed by atoms with Gasteiger partial charge in [0, 0.05) is 18.9 Å². The number of hydrogen-bond donors (Lipinski definition) is 0. The lowest BCUT2D eigenvalue weighted by Crippen LogP contribution is -2.10. The zero-order chi connectivity index (χ0) is 11.1. The second kappa shape index (κ2) is 6.02. The summed E-state index contributed by atoms with van der Waals surface area (Å²) in [6.07, 6.45) is 14.9. The zero-order valence-electron chi connectivity index (χ0n) is 9.31. The minimum Gasteiger partial charge on any atom is -0.351 e. The van der Waals surface area contributed by atoms with Gasteiger partial charge < -0.3 is 4.90 Å². The summed E-state index contributed by atoms with van der Waals surface area (Å²) in [6.45, 7) is 1.98. The molecule has 0 radical (unpaired) electrons. The molecule has 0 aliphatic heterocycles. The van der Waals surface area contributed by atoms with E-state index in [1.54, 1.807) is 6.08 Å². The number of hydrogen-bond acceptors (Lipinski definition) is 2. The van der Waals surface area contributed by atoms with Gasteiger partial charge in [0.05, 0.1) is 0 Å². The second-order valence-corrected chi connectivity index (χ2v) is 3.59. The first kappa shape index (κ1) is 11.5. The first-order chi connectivity index (χ1) is 7.24. The fourth-order valence-electron chi connectivity index (χ4n) is 1.48. The Morgan fingerprint density at radius 3 is 2.87 bits per heavy atom. The molecular weight excluding hydrogens is 186 g/mol. The Kier molecular flexibility index (Phi) is 4.61. The molecular formula is C13H17NO. The number of likely N-dealkylation sites (N-methyl/N-ethyl adjacent to an activating group) is 1. The molecule has 1 aliphatic carbocycles. The van der Waals surface area contributed by atoms with Crippen LogP contribution in [0.5, 0.6) is 0 Å². The number of carbonyl (C=O) groups excluding carboxylic acids is 1. The molecule has 2 heteroatoms. The molecule has 0 saturated heterocycles. The van der Waals surface area contributed by atoms with E-state index in [1.165, 1.54) is 11.8 Å². The zero-order valence-corrected chi connectivity index (χ0v) is 9.31. The Hall–Kier alpha value is -1.57. The van der Waals surface area contributed by atoms with Crippen molar-refractivity contribution in [2.45, 2.75) is 19.8 Å². The van der Waals surface area contributed by atoms with E-state index in [2.05, 4.69) is 23.1 Å². The topological polar surface area (TPSA) is 20.3 Å². The summed E-state index contributed by atoms with van der Waals surface area (Å²) in [5, 5.41) is 0. The van der Waals surface area contributed by atoms with E-state index in [9.17, 15) is 4.79 Å². The molecule has 1 aliphatic rings. The molecule has 1 rings (SSSR count). The van der Waals surface area contributed by atoms with E-state index < -0.39 is 0 Å². The second-order valence-electron chi connectivity index (χ2n) is 3.59. The first-order valence-corrected chi connectivity index (χ1v) is 5.14.